The number of allylic oxidation sites excluding steroid dienone is 4. The number of carbonyl (C=O) groups is 1. The van der Waals surface area contributed by atoms with Crippen molar-refractivity contribution in [3.63, 3.8) is 0 Å². The summed E-state index contributed by atoms with van der Waals surface area (Å²) >= 11 is 0. The van der Waals surface area contributed by atoms with Crippen LogP contribution in [0, 0.1) is 0 Å². The van der Waals surface area contributed by atoms with Gasteiger partial charge in [-0.3, -0.25) is 9.35 Å². The minimum absolute atomic E-state index is 0.0380. The number of aliphatic hydroxyl groups excluding tert-OH is 3. The smallest absolute Gasteiger partial charge is 0.397 e. The monoisotopic (exact) mass is 849 g/mol. The zero-order valence-electron chi connectivity index (χ0n) is 36.4. The summed E-state index contributed by atoms with van der Waals surface area (Å²) in [6.07, 6.45) is 32.3. The van der Waals surface area contributed by atoms with Gasteiger partial charge in [-0.05, 0) is 44.9 Å². The van der Waals surface area contributed by atoms with Crippen LogP contribution in [0.2, 0.25) is 0 Å². The van der Waals surface area contributed by atoms with E-state index in [9.17, 15) is 28.5 Å². The van der Waals surface area contributed by atoms with E-state index < -0.39 is 59.8 Å². The molecule has 12 nitrogen and oxygen atoms in total. The van der Waals surface area contributed by atoms with E-state index in [1.165, 1.54) is 122 Å². The Bertz CT molecular complexity index is 1120. The van der Waals surface area contributed by atoms with Crippen molar-refractivity contribution in [3.8, 4) is 0 Å². The number of unbranched alkanes of at least 4 members (excludes halogenated alkanes) is 23. The van der Waals surface area contributed by atoms with Gasteiger partial charge >= 0.3 is 16.4 Å². The zero-order valence-corrected chi connectivity index (χ0v) is 37.2. The van der Waals surface area contributed by atoms with Crippen LogP contribution in [0.5, 0.6) is 0 Å². The summed E-state index contributed by atoms with van der Waals surface area (Å²) < 4.78 is 58.9. The molecular formula is C45H84O12S. The predicted octanol–water partition coefficient (Wildman–Crippen LogP) is 9.63. The Balaban J connectivity index is 2.31. The summed E-state index contributed by atoms with van der Waals surface area (Å²) in [5, 5.41) is 30.6. The first kappa shape index (κ1) is 54.6. The third-order valence-electron chi connectivity index (χ3n) is 10.6. The second-order valence-corrected chi connectivity index (χ2v) is 17.0. The van der Waals surface area contributed by atoms with Crippen molar-refractivity contribution in [3.05, 3.63) is 24.3 Å². The van der Waals surface area contributed by atoms with Gasteiger partial charge in [0.1, 0.15) is 30.5 Å². The lowest BCUT2D eigenvalue weighted by Gasteiger charge is -2.41. The lowest BCUT2D eigenvalue weighted by Crippen LogP contribution is -2.60. The minimum Gasteiger partial charge on any atom is -0.457 e. The van der Waals surface area contributed by atoms with E-state index in [0.717, 1.165) is 44.9 Å². The van der Waals surface area contributed by atoms with Gasteiger partial charge in [0.25, 0.3) is 0 Å². The molecule has 6 unspecified atom stereocenters. The maximum Gasteiger partial charge on any atom is 0.397 e. The second-order valence-electron chi connectivity index (χ2n) is 16.0. The molecule has 0 aromatic rings. The number of ether oxygens (including phenoxy) is 4. The van der Waals surface area contributed by atoms with E-state index in [4.69, 9.17) is 23.5 Å². The first-order chi connectivity index (χ1) is 28.1. The first-order valence-electron chi connectivity index (χ1n) is 23.1. The fourth-order valence-corrected chi connectivity index (χ4v) is 7.56. The molecule has 342 valence electrons. The normalized spacial score (nSPS) is 20.7. The highest BCUT2D eigenvalue weighted by Crippen LogP contribution is 2.26. The van der Waals surface area contributed by atoms with Crippen molar-refractivity contribution < 1.29 is 56.2 Å². The quantitative estimate of drug-likeness (QED) is 0.0199. The SMILES string of the molecule is CCCCCCC/C=C\C/C=C\CCCCCCCCCCCCCC(=O)OC(COCCCCCCCCCC)COC1OC(CO)C(O)C(OS(=O)(=O)O)C1O. The minimum atomic E-state index is -5.06. The highest BCUT2D eigenvalue weighted by atomic mass is 32.3. The molecule has 0 radical (unpaired) electrons. The van der Waals surface area contributed by atoms with Crippen LogP contribution in [0.25, 0.3) is 0 Å². The molecule has 0 aromatic heterocycles. The number of aliphatic hydroxyl groups is 3. The summed E-state index contributed by atoms with van der Waals surface area (Å²) in [7, 11) is -5.06. The Morgan fingerprint density at radius 2 is 1.14 bits per heavy atom. The molecule has 1 rings (SSSR count). The van der Waals surface area contributed by atoms with Gasteiger partial charge in [0.15, 0.2) is 6.29 Å². The highest BCUT2D eigenvalue weighted by molar-refractivity contribution is 7.80. The maximum atomic E-state index is 12.8. The number of rotatable bonds is 40. The summed E-state index contributed by atoms with van der Waals surface area (Å²) in [5.41, 5.74) is 0. The third kappa shape index (κ3) is 30.6. The molecule has 58 heavy (non-hydrogen) atoms. The Kier molecular flexibility index (Phi) is 35.2. The van der Waals surface area contributed by atoms with Crippen molar-refractivity contribution in [1.82, 2.24) is 0 Å². The first-order valence-corrected chi connectivity index (χ1v) is 24.5. The number of carbonyl (C=O) groups excluding carboxylic acids is 1. The van der Waals surface area contributed by atoms with Crippen LogP contribution in [0.1, 0.15) is 194 Å². The van der Waals surface area contributed by atoms with Gasteiger partial charge in [-0.15, -0.1) is 0 Å². The summed E-state index contributed by atoms with van der Waals surface area (Å²) in [4.78, 5) is 12.8. The van der Waals surface area contributed by atoms with Crippen molar-refractivity contribution >= 4 is 16.4 Å². The van der Waals surface area contributed by atoms with Crippen LogP contribution in [-0.2, 0) is 38.3 Å². The molecule has 1 fully saturated rings. The van der Waals surface area contributed by atoms with Crippen LogP contribution >= 0.6 is 0 Å². The molecule has 0 amide bonds. The van der Waals surface area contributed by atoms with Crippen molar-refractivity contribution in [2.45, 2.75) is 230 Å². The Hall–Kier alpha value is -1.42. The zero-order chi connectivity index (χ0) is 42.5. The van der Waals surface area contributed by atoms with Gasteiger partial charge in [0, 0.05) is 13.0 Å². The maximum absolute atomic E-state index is 12.8. The van der Waals surface area contributed by atoms with Crippen LogP contribution < -0.4 is 0 Å². The largest absolute Gasteiger partial charge is 0.457 e. The Morgan fingerprint density at radius 3 is 1.64 bits per heavy atom. The topological polar surface area (TPSA) is 178 Å². The molecule has 0 saturated carbocycles. The van der Waals surface area contributed by atoms with Crippen LogP contribution in [0.4, 0.5) is 0 Å². The summed E-state index contributed by atoms with van der Waals surface area (Å²) in [6.45, 7) is 3.96. The van der Waals surface area contributed by atoms with Gasteiger partial charge in [0.05, 0.1) is 19.8 Å². The fourth-order valence-electron chi connectivity index (χ4n) is 7.06. The van der Waals surface area contributed by atoms with Crippen molar-refractivity contribution in [1.29, 1.82) is 0 Å². The number of hydrogen-bond donors (Lipinski definition) is 4. The van der Waals surface area contributed by atoms with Gasteiger partial charge in [-0.1, -0.05) is 167 Å². The number of hydrogen-bond acceptors (Lipinski definition) is 11. The number of esters is 1. The second kappa shape index (κ2) is 37.4. The van der Waals surface area contributed by atoms with Crippen LogP contribution in [0.15, 0.2) is 24.3 Å². The molecule has 0 aliphatic carbocycles. The summed E-state index contributed by atoms with van der Waals surface area (Å²) in [6, 6.07) is 0. The van der Waals surface area contributed by atoms with E-state index in [1.807, 2.05) is 0 Å². The van der Waals surface area contributed by atoms with Crippen LogP contribution in [0.3, 0.4) is 0 Å². The van der Waals surface area contributed by atoms with Crippen LogP contribution in [-0.4, -0.2) is 97.5 Å². The highest BCUT2D eigenvalue weighted by Gasteiger charge is 2.48. The molecule has 0 aromatic carbocycles. The molecule has 0 spiro atoms. The average Bonchev–Trinajstić information content (AvgIpc) is 3.19. The van der Waals surface area contributed by atoms with Gasteiger partial charge in [0.2, 0.25) is 0 Å². The molecule has 0 bridgehead atoms. The lowest BCUT2D eigenvalue weighted by molar-refractivity contribution is -0.301. The molecular weight excluding hydrogens is 765 g/mol. The Morgan fingerprint density at radius 1 is 0.655 bits per heavy atom. The molecule has 1 heterocycles. The molecule has 6 atom stereocenters. The van der Waals surface area contributed by atoms with Gasteiger partial charge < -0.3 is 34.3 Å². The van der Waals surface area contributed by atoms with E-state index in [1.54, 1.807) is 0 Å². The Labute approximate surface area is 352 Å². The molecule has 1 aliphatic heterocycles. The third-order valence-corrected chi connectivity index (χ3v) is 11.0. The molecule has 1 aliphatic rings. The van der Waals surface area contributed by atoms with Crippen molar-refractivity contribution in [2.75, 3.05) is 26.4 Å². The fraction of sp³-hybridized carbons (Fsp3) is 0.889. The lowest BCUT2D eigenvalue weighted by atomic mass is 9.99. The van der Waals surface area contributed by atoms with E-state index in [0.29, 0.717) is 13.0 Å². The molecule has 1 saturated heterocycles. The van der Waals surface area contributed by atoms with Gasteiger partial charge in [-0.25, -0.2) is 4.18 Å². The van der Waals surface area contributed by atoms with E-state index in [2.05, 4.69) is 42.3 Å². The summed E-state index contributed by atoms with van der Waals surface area (Å²) in [5.74, 6) is -0.401. The molecule has 13 heteroatoms. The average molecular weight is 849 g/mol. The van der Waals surface area contributed by atoms with Crippen molar-refractivity contribution in [2.24, 2.45) is 0 Å². The van der Waals surface area contributed by atoms with E-state index in [-0.39, 0.29) is 19.6 Å². The predicted molar refractivity (Wildman–Crippen MR) is 230 cm³/mol. The molecule has 4 N–H and O–H groups in total. The van der Waals surface area contributed by atoms with E-state index >= 15 is 0 Å². The van der Waals surface area contributed by atoms with Gasteiger partial charge in [-0.2, -0.15) is 8.42 Å². The standard InChI is InChI=1S/C45H84O12S/c1-3-5-7-9-11-13-14-15-16-17-18-19-20-21-22-23-24-25-26-27-28-30-32-34-41(47)55-39(37-53-35-33-31-29-12-10-8-6-4-2)38-54-45-43(49)44(57-58(50,51)52)42(48)40(36-46)56-45/h14-15,17-18,39-40,42-46,48-49H,3-13,16,19-38H2,1-2H3,(H,50,51,52)/b15-14-,18-17-.